The Balaban J connectivity index is 2.02. The molecule has 0 spiro atoms. The summed E-state index contributed by atoms with van der Waals surface area (Å²) in [4.78, 5) is 21.9. The summed E-state index contributed by atoms with van der Waals surface area (Å²) < 4.78 is 9.99. The monoisotopic (exact) mass is 254 g/mol. The molecule has 1 fully saturated rings. The van der Waals surface area contributed by atoms with Crippen LogP contribution in [0.5, 0.6) is 0 Å². The average molecular weight is 254 g/mol. The van der Waals surface area contributed by atoms with Crippen molar-refractivity contribution in [3.8, 4) is 0 Å². The Bertz CT molecular complexity index is 354. The molecule has 5 heteroatoms. The van der Waals surface area contributed by atoms with Crippen LogP contribution in [0.4, 0.5) is 0 Å². The molecule has 0 radical (unpaired) electrons. The Labute approximate surface area is 106 Å². The fraction of sp³-hybridized carbons (Fsp3) is 0.538. The highest BCUT2D eigenvalue weighted by atomic mass is 16.6. The summed E-state index contributed by atoms with van der Waals surface area (Å²) in [5.41, 5.74) is 0.601. The molecule has 0 aromatic rings. The lowest BCUT2D eigenvalue weighted by atomic mass is 10.1. The first-order valence-electron chi connectivity index (χ1n) is 5.88. The molecule has 0 amide bonds. The van der Waals surface area contributed by atoms with Crippen molar-refractivity contribution < 1.29 is 24.2 Å². The van der Waals surface area contributed by atoms with Gasteiger partial charge in [-0.3, -0.25) is 0 Å². The van der Waals surface area contributed by atoms with Crippen LogP contribution < -0.4 is 0 Å². The van der Waals surface area contributed by atoms with E-state index in [-0.39, 0.29) is 18.3 Å². The summed E-state index contributed by atoms with van der Waals surface area (Å²) in [5.74, 6) is -1.38. The molecule has 18 heavy (non-hydrogen) atoms. The number of carboxylic acid groups (broad SMARTS) is 1. The van der Waals surface area contributed by atoms with Crippen LogP contribution in [0.2, 0.25) is 0 Å². The zero-order valence-electron chi connectivity index (χ0n) is 10.3. The summed E-state index contributed by atoms with van der Waals surface area (Å²) in [6.07, 6.45) is 2.31. The minimum absolute atomic E-state index is 0.129. The van der Waals surface area contributed by atoms with Crippen LogP contribution in [0.25, 0.3) is 0 Å². The van der Waals surface area contributed by atoms with E-state index in [9.17, 15) is 9.59 Å². The molecule has 0 saturated carbocycles. The molecule has 1 aliphatic rings. The molecule has 1 aliphatic heterocycles. The second kappa shape index (κ2) is 6.96. The van der Waals surface area contributed by atoms with Gasteiger partial charge in [-0.05, 0) is 19.3 Å². The van der Waals surface area contributed by atoms with E-state index in [1.165, 1.54) is 0 Å². The Morgan fingerprint density at radius 3 is 2.50 bits per heavy atom. The fourth-order valence-electron chi connectivity index (χ4n) is 1.36. The summed E-state index contributed by atoms with van der Waals surface area (Å²) >= 11 is 0. The number of esters is 1. The predicted octanol–water partition coefficient (Wildman–Crippen LogP) is 1.69. The van der Waals surface area contributed by atoms with Crippen LogP contribution in [0.1, 0.15) is 25.7 Å². The quantitative estimate of drug-likeness (QED) is 0.293. The Morgan fingerprint density at radius 2 is 1.94 bits per heavy atom. The molecule has 0 aromatic heterocycles. The van der Waals surface area contributed by atoms with Gasteiger partial charge in [0.1, 0.15) is 0 Å². The second-order valence-electron chi connectivity index (χ2n) is 4.26. The molecule has 0 bridgehead atoms. The maximum Gasteiger partial charge on any atom is 0.333 e. The first-order valence-corrected chi connectivity index (χ1v) is 5.88. The molecule has 1 saturated heterocycles. The molecule has 1 N–H and O–H groups in total. The van der Waals surface area contributed by atoms with Crippen LogP contribution in [0.3, 0.4) is 0 Å². The van der Waals surface area contributed by atoms with Crippen molar-refractivity contribution in [1.82, 2.24) is 0 Å². The van der Waals surface area contributed by atoms with Crippen LogP contribution in [-0.4, -0.2) is 36.4 Å². The van der Waals surface area contributed by atoms with E-state index in [4.69, 9.17) is 14.6 Å². The number of hydrogen-bond acceptors (Lipinski definition) is 4. The van der Waals surface area contributed by atoms with Gasteiger partial charge in [0.2, 0.25) is 0 Å². The van der Waals surface area contributed by atoms with Gasteiger partial charge in [0.15, 0.2) is 0 Å². The maximum absolute atomic E-state index is 11.4. The van der Waals surface area contributed by atoms with Crippen LogP contribution in [-0.2, 0) is 19.1 Å². The van der Waals surface area contributed by atoms with Crippen LogP contribution >= 0.6 is 0 Å². The zero-order chi connectivity index (χ0) is 13.5. The van der Waals surface area contributed by atoms with Gasteiger partial charge in [0, 0.05) is 17.6 Å². The smallest absolute Gasteiger partial charge is 0.333 e. The number of epoxide rings is 1. The van der Waals surface area contributed by atoms with Gasteiger partial charge < -0.3 is 14.6 Å². The molecule has 0 aliphatic carbocycles. The SMILES string of the molecule is C=C(CCCCOC(=O)C(=C)CC1CO1)C(=O)O. The van der Waals surface area contributed by atoms with E-state index in [0.29, 0.717) is 37.9 Å². The van der Waals surface area contributed by atoms with Gasteiger partial charge in [-0.1, -0.05) is 13.2 Å². The number of carbonyl (C=O) groups excluding carboxylic acids is 1. The van der Waals surface area contributed by atoms with Gasteiger partial charge >= 0.3 is 11.9 Å². The molecule has 1 heterocycles. The minimum atomic E-state index is -0.982. The highest BCUT2D eigenvalue weighted by molar-refractivity contribution is 5.87. The van der Waals surface area contributed by atoms with Crippen molar-refractivity contribution >= 4 is 11.9 Å². The molecule has 0 aromatic carbocycles. The summed E-state index contributed by atoms with van der Waals surface area (Å²) in [5, 5.41) is 8.58. The largest absolute Gasteiger partial charge is 0.478 e. The number of hydrogen-bond donors (Lipinski definition) is 1. The van der Waals surface area contributed by atoms with Gasteiger partial charge in [-0.2, -0.15) is 0 Å². The average Bonchev–Trinajstić information content (AvgIpc) is 3.11. The number of ether oxygens (including phenoxy) is 2. The maximum atomic E-state index is 11.4. The first-order chi connectivity index (χ1) is 8.50. The van der Waals surface area contributed by atoms with Gasteiger partial charge in [0.25, 0.3) is 0 Å². The highest BCUT2D eigenvalue weighted by Crippen LogP contribution is 2.18. The van der Waals surface area contributed by atoms with E-state index < -0.39 is 11.9 Å². The van der Waals surface area contributed by atoms with Crippen LogP contribution in [0.15, 0.2) is 24.3 Å². The van der Waals surface area contributed by atoms with E-state index in [0.717, 1.165) is 0 Å². The lowest BCUT2D eigenvalue weighted by Crippen LogP contribution is -2.10. The third-order valence-electron chi connectivity index (χ3n) is 2.57. The Kier molecular flexibility index (Phi) is 5.58. The molecular formula is C13H18O5. The van der Waals surface area contributed by atoms with Gasteiger partial charge in [0.05, 0.1) is 19.3 Å². The predicted molar refractivity (Wildman–Crippen MR) is 65.1 cm³/mol. The number of unbranched alkanes of at least 4 members (excludes halogenated alkanes) is 1. The molecule has 100 valence electrons. The molecule has 1 atom stereocenters. The molecule has 5 nitrogen and oxygen atoms in total. The highest BCUT2D eigenvalue weighted by Gasteiger charge is 2.25. The Morgan fingerprint density at radius 1 is 1.28 bits per heavy atom. The van der Waals surface area contributed by atoms with Crippen molar-refractivity contribution in [2.75, 3.05) is 13.2 Å². The van der Waals surface area contributed by atoms with Crippen molar-refractivity contribution in [2.45, 2.75) is 31.8 Å². The minimum Gasteiger partial charge on any atom is -0.478 e. The lowest BCUT2D eigenvalue weighted by Gasteiger charge is -2.06. The van der Waals surface area contributed by atoms with Gasteiger partial charge in [-0.15, -0.1) is 0 Å². The van der Waals surface area contributed by atoms with E-state index in [2.05, 4.69) is 13.2 Å². The topological polar surface area (TPSA) is 76.1 Å². The molecule has 1 rings (SSSR count). The lowest BCUT2D eigenvalue weighted by molar-refractivity contribution is -0.139. The van der Waals surface area contributed by atoms with E-state index >= 15 is 0 Å². The molecular weight excluding hydrogens is 236 g/mol. The second-order valence-corrected chi connectivity index (χ2v) is 4.26. The van der Waals surface area contributed by atoms with Crippen molar-refractivity contribution in [3.63, 3.8) is 0 Å². The van der Waals surface area contributed by atoms with Crippen LogP contribution in [0, 0.1) is 0 Å². The fourth-order valence-corrected chi connectivity index (χ4v) is 1.36. The normalized spacial score (nSPS) is 17.0. The van der Waals surface area contributed by atoms with Crippen molar-refractivity contribution in [3.05, 3.63) is 24.3 Å². The summed E-state index contributed by atoms with van der Waals surface area (Å²) in [6, 6.07) is 0. The van der Waals surface area contributed by atoms with Gasteiger partial charge in [-0.25, -0.2) is 9.59 Å². The standard InChI is InChI=1S/C13H18O5/c1-9(12(14)15)5-3-4-6-17-13(16)10(2)7-11-8-18-11/h11H,1-8H2,(H,14,15). The van der Waals surface area contributed by atoms with E-state index in [1.54, 1.807) is 0 Å². The number of rotatable bonds is 9. The third-order valence-corrected chi connectivity index (χ3v) is 2.57. The zero-order valence-corrected chi connectivity index (χ0v) is 10.3. The Hall–Kier alpha value is -1.62. The number of carbonyl (C=O) groups is 2. The van der Waals surface area contributed by atoms with Crippen molar-refractivity contribution in [2.24, 2.45) is 0 Å². The van der Waals surface area contributed by atoms with Crippen molar-refractivity contribution in [1.29, 1.82) is 0 Å². The first kappa shape index (κ1) is 14.4. The number of carboxylic acids is 1. The summed E-state index contributed by atoms with van der Waals surface area (Å²) in [7, 11) is 0. The summed E-state index contributed by atoms with van der Waals surface area (Å²) in [6.45, 7) is 8.02. The third kappa shape index (κ3) is 5.63. The number of aliphatic carboxylic acids is 1. The van der Waals surface area contributed by atoms with E-state index in [1.807, 2.05) is 0 Å². The molecule has 1 unspecified atom stereocenters.